The van der Waals surface area contributed by atoms with Crippen LogP contribution in [0.3, 0.4) is 0 Å². The normalized spacial score (nSPS) is 20.6. The summed E-state index contributed by atoms with van der Waals surface area (Å²) in [6, 6.07) is 5.39. The van der Waals surface area contributed by atoms with Crippen LogP contribution in [-0.4, -0.2) is 18.7 Å². The van der Waals surface area contributed by atoms with Crippen LogP contribution in [0.25, 0.3) is 0 Å². The van der Waals surface area contributed by atoms with Crippen molar-refractivity contribution in [2.45, 2.75) is 65.2 Å². The van der Waals surface area contributed by atoms with Crippen LogP contribution in [0.5, 0.6) is 0 Å². The van der Waals surface area contributed by atoms with Gasteiger partial charge in [0.2, 0.25) is 5.91 Å². The highest BCUT2D eigenvalue weighted by molar-refractivity contribution is 5.96. The molecule has 6 heteroatoms. The van der Waals surface area contributed by atoms with Gasteiger partial charge in [-0.15, -0.1) is 0 Å². The van der Waals surface area contributed by atoms with Crippen LogP contribution >= 0.6 is 0 Å². The lowest BCUT2D eigenvalue weighted by Crippen LogP contribution is -2.28. The van der Waals surface area contributed by atoms with E-state index in [9.17, 15) is 18.0 Å². The number of carbonyl (C=O) groups excluding carboxylic acids is 1. The van der Waals surface area contributed by atoms with Gasteiger partial charge in [-0.3, -0.25) is 4.79 Å². The molecule has 0 unspecified atom stereocenters. The third kappa shape index (κ3) is 5.73. The highest BCUT2D eigenvalue weighted by atomic mass is 19.4. The summed E-state index contributed by atoms with van der Waals surface area (Å²) in [7, 11) is 0. The molecule has 1 aromatic rings. The number of amides is 1. The molecule has 2 N–H and O–H groups in total. The molecule has 0 spiro atoms. The first-order valence-electron chi connectivity index (χ1n) is 8.90. The molecule has 142 valence electrons. The number of alkyl halides is 3. The number of nitrogens with two attached hydrogens (primary N) is 1. The van der Waals surface area contributed by atoms with E-state index < -0.39 is 18.0 Å². The van der Waals surface area contributed by atoms with Crippen LogP contribution in [0.1, 0.15) is 73.9 Å². The first kappa shape index (κ1) is 21.5. The number of hydrogen-bond acceptors (Lipinski definition) is 2. The van der Waals surface area contributed by atoms with E-state index >= 15 is 0 Å². The minimum absolute atomic E-state index is 0.0577. The molecular formula is C19H28F3NO2. The second-order valence-electron chi connectivity index (χ2n) is 5.97. The van der Waals surface area contributed by atoms with Crippen molar-refractivity contribution in [3.63, 3.8) is 0 Å². The Bertz CT molecular complexity index is 550. The van der Waals surface area contributed by atoms with Crippen molar-refractivity contribution in [3.05, 3.63) is 34.9 Å². The number of benzene rings is 1. The summed E-state index contributed by atoms with van der Waals surface area (Å²) in [5.41, 5.74) is 7.39. The fourth-order valence-electron chi connectivity index (χ4n) is 3.32. The van der Waals surface area contributed by atoms with Gasteiger partial charge in [0.25, 0.3) is 0 Å². The number of rotatable bonds is 5. The minimum atomic E-state index is -4.13. The molecule has 1 fully saturated rings. The number of hydrogen-bond donors (Lipinski definition) is 1. The third-order valence-electron chi connectivity index (χ3n) is 4.52. The maximum absolute atomic E-state index is 12.8. The predicted molar refractivity (Wildman–Crippen MR) is 92.4 cm³/mol. The molecular weight excluding hydrogens is 331 g/mol. The topological polar surface area (TPSA) is 52.3 Å². The average molecular weight is 359 g/mol. The lowest BCUT2D eigenvalue weighted by molar-refractivity contribution is -0.182. The molecule has 0 heterocycles. The molecule has 0 radical (unpaired) electrons. The largest absolute Gasteiger partial charge is 0.391 e. The molecule has 1 aromatic carbocycles. The standard InChI is InChI=1S/C17H22F3NO2.C2H6/c1-2-23-10-12-4-3-5-14(15(12)16(21)22)11-6-8-13(9-7-11)17(18,19)20;1-2/h3-5,11,13H,2,6-10H2,1H3,(H2,21,22);1-2H3. The van der Waals surface area contributed by atoms with Crippen LogP contribution in [0.15, 0.2) is 18.2 Å². The van der Waals surface area contributed by atoms with E-state index in [4.69, 9.17) is 10.5 Å². The fraction of sp³-hybridized carbons (Fsp3) is 0.632. The van der Waals surface area contributed by atoms with E-state index in [1.807, 2.05) is 26.8 Å². The van der Waals surface area contributed by atoms with Crippen molar-refractivity contribution < 1.29 is 22.7 Å². The van der Waals surface area contributed by atoms with Gasteiger partial charge < -0.3 is 10.5 Å². The molecule has 3 nitrogen and oxygen atoms in total. The van der Waals surface area contributed by atoms with Gasteiger partial charge in [-0.2, -0.15) is 13.2 Å². The van der Waals surface area contributed by atoms with Gasteiger partial charge in [0.15, 0.2) is 0 Å². The smallest absolute Gasteiger partial charge is 0.377 e. The summed E-state index contributed by atoms with van der Waals surface area (Å²) in [6.45, 7) is 6.64. The molecule has 0 aromatic heterocycles. The van der Waals surface area contributed by atoms with E-state index in [1.165, 1.54) is 0 Å². The summed E-state index contributed by atoms with van der Waals surface area (Å²) in [5, 5.41) is 0. The molecule has 1 saturated carbocycles. The number of primary amides is 1. The van der Waals surface area contributed by atoms with Crippen molar-refractivity contribution >= 4 is 5.91 Å². The molecule has 1 aliphatic carbocycles. The lowest BCUT2D eigenvalue weighted by Gasteiger charge is -2.31. The van der Waals surface area contributed by atoms with E-state index in [2.05, 4.69) is 0 Å². The summed E-state index contributed by atoms with van der Waals surface area (Å²) < 4.78 is 43.7. The van der Waals surface area contributed by atoms with E-state index in [0.29, 0.717) is 30.6 Å². The van der Waals surface area contributed by atoms with Crippen molar-refractivity contribution in [1.29, 1.82) is 0 Å². The Balaban J connectivity index is 0.00000151. The number of carbonyl (C=O) groups is 1. The minimum Gasteiger partial charge on any atom is -0.377 e. The van der Waals surface area contributed by atoms with E-state index in [-0.39, 0.29) is 25.4 Å². The van der Waals surface area contributed by atoms with Crippen LogP contribution in [0.4, 0.5) is 13.2 Å². The summed E-state index contributed by atoms with van der Waals surface area (Å²) in [4.78, 5) is 11.9. The quantitative estimate of drug-likeness (QED) is 0.787. The second-order valence-corrected chi connectivity index (χ2v) is 5.97. The Morgan fingerprint density at radius 1 is 1.20 bits per heavy atom. The van der Waals surface area contributed by atoms with Crippen LogP contribution in [0, 0.1) is 5.92 Å². The zero-order valence-corrected chi connectivity index (χ0v) is 15.2. The van der Waals surface area contributed by atoms with Gasteiger partial charge >= 0.3 is 6.18 Å². The predicted octanol–water partition coefficient (Wildman–Crippen LogP) is 5.18. The van der Waals surface area contributed by atoms with Gasteiger partial charge in [-0.25, -0.2) is 0 Å². The Morgan fingerprint density at radius 3 is 2.28 bits per heavy atom. The third-order valence-corrected chi connectivity index (χ3v) is 4.52. The van der Waals surface area contributed by atoms with Crippen LogP contribution in [-0.2, 0) is 11.3 Å². The summed E-state index contributed by atoms with van der Waals surface area (Å²) in [6.07, 6.45) is -3.09. The Hall–Kier alpha value is -1.56. The van der Waals surface area contributed by atoms with Gasteiger partial charge in [-0.05, 0) is 49.7 Å². The molecule has 0 atom stereocenters. The highest BCUT2D eigenvalue weighted by Gasteiger charge is 2.41. The molecule has 0 saturated heterocycles. The van der Waals surface area contributed by atoms with E-state index in [0.717, 1.165) is 5.56 Å². The van der Waals surface area contributed by atoms with Crippen molar-refractivity contribution in [2.24, 2.45) is 11.7 Å². The number of ether oxygens (including phenoxy) is 1. The molecule has 1 aliphatic rings. The summed E-state index contributed by atoms with van der Waals surface area (Å²) in [5.74, 6) is -1.84. The molecule has 0 aliphatic heterocycles. The molecule has 25 heavy (non-hydrogen) atoms. The van der Waals surface area contributed by atoms with Gasteiger partial charge in [0, 0.05) is 12.2 Å². The highest BCUT2D eigenvalue weighted by Crippen LogP contribution is 2.43. The van der Waals surface area contributed by atoms with Crippen LogP contribution in [0.2, 0.25) is 0 Å². The van der Waals surface area contributed by atoms with Crippen molar-refractivity contribution in [3.8, 4) is 0 Å². The Labute approximate surface area is 147 Å². The maximum atomic E-state index is 12.8. The van der Waals surface area contributed by atoms with Crippen molar-refractivity contribution in [2.75, 3.05) is 6.61 Å². The fourth-order valence-corrected chi connectivity index (χ4v) is 3.32. The van der Waals surface area contributed by atoms with Gasteiger partial charge in [0.05, 0.1) is 12.5 Å². The first-order chi connectivity index (χ1) is 11.8. The second kappa shape index (κ2) is 9.80. The molecule has 1 amide bonds. The zero-order chi connectivity index (χ0) is 19.0. The van der Waals surface area contributed by atoms with Crippen LogP contribution < -0.4 is 5.73 Å². The zero-order valence-electron chi connectivity index (χ0n) is 15.2. The van der Waals surface area contributed by atoms with Gasteiger partial charge in [0.1, 0.15) is 0 Å². The first-order valence-corrected chi connectivity index (χ1v) is 8.90. The SMILES string of the molecule is CC.CCOCc1cccc(C2CCC(C(F)(F)F)CC2)c1C(N)=O. The molecule has 2 rings (SSSR count). The Kier molecular flexibility index (Phi) is 8.42. The van der Waals surface area contributed by atoms with E-state index in [1.54, 1.807) is 12.1 Å². The summed E-state index contributed by atoms with van der Waals surface area (Å²) >= 11 is 0. The Morgan fingerprint density at radius 2 is 1.80 bits per heavy atom. The molecule has 0 bridgehead atoms. The van der Waals surface area contributed by atoms with Crippen molar-refractivity contribution in [1.82, 2.24) is 0 Å². The number of halogens is 3. The average Bonchev–Trinajstić information content (AvgIpc) is 2.60. The monoisotopic (exact) mass is 359 g/mol. The lowest BCUT2D eigenvalue weighted by atomic mass is 9.76. The maximum Gasteiger partial charge on any atom is 0.391 e. The van der Waals surface area contributed by atoms with Gasteiger partial charge in [-0.1, -0.05) is 32.0 Å².